The van der Waals surface area contributed by atoms with Crippen LogP contribution in [0.15, 0.2) is 24.3 Å². The maximum atomic E-state index is 10.6. The fourth-order valence-electron chi connectivity index (χ4n) is 0.921. The zero-order valence-electron chi connectivity index (χ0n) is 6.19. The van der Waals surface area contributed by atoms with E-state index < -0.39 is 17.5 Å². The highest BCUT2D eigenvalue weighted by atomic mass is 16.4. The SMILES string of the molecule is CC1(C(=O)O)C=CC=CC1O. The van der Waals surface area contributed by atoms with Crippen molar-refractivity contribution in [2.75, 3.05) is 0 Å². The van der Waals surface area contributed by atoms with E-state index in [0.29, 0.717) is 0 Å². The summed E-state index contributed by atoms with van der Waals surface area (Å²) in [4.78, 5) is 10.6. The van der Waals surface area contributed by atoms with Crippen LogP contribution in [0.5, 0.6) is 0 Å². The molecule has 11 heavy (non-hydrogen) atoms. The van der Waals surface area contributed by atoms with Crippen molar-refractivity contribution in [3.05, 3.63) is 24.3 Å². The van der Waals surface area contributed by atoms with Crippen LogP contribution in [0, 0.1) is 5.41 Å². The number of carboxylic acid groups (broad SMARTS) is 1. The van der Waals surface area contributed by atoms with Gasteiger partial charge in [-0.2, -0.15) is 0 Å². The van der Waals surface area contributed by atoms with Gasteiger partial charge in [-0.15, -0.1) is 0 Å². The maximum absolute atomic E-state index is 10.6. The van der Waals surface area contributed by atoms with Gasteiger partial charge in [0.05, 0.1) is 6.10 Å². The molecule has 0 aromatic carbocycles. The second-order valence-electron chi connectivity index (χ2n) is 2.78. The minimum absolute atomic E-state index is 0.926. The number of hydrogen-bond acceptors (Lipinski definition) is 2. The summed E-state index contributed by atoms with van der Waals surface area (Å²) in [5.41, 5.74) is -1.16. The van der Waals surface area contributed by atoms with Gasteiger partial charge in [-0.1, -0.05) is 24.3 Å². The second kappa shape index (κ2) is 2.51. The molecule has 0 amide bonds. The molecule has 0 aromatic rings. The van der Waals surface area contributed by atoms with Crippen LogP contribution < -0.4 is 0 Å². The van der Waals surface area contributed by atoms with Crippen LogP contribution in [0.3, 0.4) is 0 Å². The fraction of sp³-hybridized carbons (Fsp3) is 0.375. The number of carbonyl (C=O) groups is 1. The first-order chi connectivity index (χ1) is 5.07. The molecular formula is C8H10O3. The molecule has 0 radical (unpaired) electrons. The lowest BCUT2D eigenvalue weighted by Gasteiger charge is -2.26. The highest BCUT2D eigenvalue weighted by Gasteiger charge is 2.37. The first-order valence-corrected chi connectivity index (χ1v) is 3.35. The molecule has 0 bridgehead atoms. The number of aliphatic hydroxyl groups is 1. The van der Waals surface area contributed by atoms with E-state index in [2.05, 4.69) is 0 Å². The Morgan fingerprint density at radius 1 is 1.55 bits per heavy atom. The molecule has 1 aliphatic carbocycles. The molecule has 2 atom stereocenters. The molecule has 0 aliphatic heterocycles. The van der Waals surface area contributed by atoms with E-state index in [9.17, 15) is 9.90 Å². The molecule has 0 spiro atoms. The summed E-state index contributed by atoms with van der Waals surface area (Å²) in [5, 5.41) is 18.0. The summed E-state index contributed by atoms with van der Waals surface area (Å²) < 4.78 is 0. The Kier molecular flexibility index (Phi) is 1.83. The van der Waals surface area contributed by atoms with E-state index in [1.54, 1.807) is 12.2 Å². The van der Waals surface area contributed by atoms with Gasteiger partial charge in [0.2, 0.25) is 0 Å². The van der Waals surface area contributed by atoms with Gasteiger partial charge < -0.3 is 10.2 Å². The van der Waals surface area contributed by atoms with Gasteiger partial charge in [-0.3, -0.25) is 4.79 Å². The molecule has 0 aromatic heterocycles. The maximum Gasteiger partial charge on any atom is 0.316 e. The fourth-order valence-corrected chi connectivity index (χ4v) is 0.921. The lowest BCUT2D eigenvalue weighted by Crippen LogP contribution is -2.37. The van der Waals surface area contributed by atoms with Crippen molar-refractivity contribution >= 4 is 5.97 Å². The normalized spacial score (nSPS) is 35.6. The number of aliphatic hydroxyl groups excluding tert-OH is 1. The van der Waals surface area contributed by atoms with Crippen molar-refractivity contribution in [3.63, 3.8) is 0 Å². The lowest BCUT2D eigenvalue weighted by atomic mass is 9.81. The third kappa shape index (κ3) is 1.19. The van der Waals surface area contributed by atoms with Crippen LogP contribution in [0.25, 0.3) is 0 Å². The summed E-state index contributed by atoms with van der Waals surface area (Å²) in [6.45, 7) is 1.49. The first kappa shape index (κ1) is 8.01. The molecular weight excluding hydrogens is 144 g/mol. The topological polar surface area (TPSA) is 57.5 Å². The Morgan fingerprint density at radius 2 is 2.18 bits per heavy atom. The zero-order chi connectivity index (χ0) is 8.48. The van der Waals surface area contributed by atoms with E-state index in [-0.39, 0.29) is 0 Å². The minimum atomic E-state index is -1.16. The van der Waals surface area contributed by atoms with Crippen LogP contribution in [0.1, 0.15) is 6.92 Å². The number of allylic oxidation sites excluding steroid dienone is 2. The number of hydrogen-bond donors (Lipinski definition) is 2. The summed E-state index contributed by atoms with van der Waals surface area (Å²) in [5.74, 6) is -1.01. The van der Waals surface area contributed by atoms with Crippen molar-refractivity contribution in [2.45, 2.75) is 13.0 Å². The quantitative estimate of drug-likeness (QED) is 0.580. The van der Waals surface area contributed by atoms with Crippen LogP contribution in [-0.2, 0) is 4.79 Å². The Labute approximate surface area is 64.7 Å². The Morgan fingerprint density at radius 3 is 2.55 bits per heavy atom. The largest absolute Gasteiger partial charge is 0.481 e. The number of carboxylic acids is 1. The average molecular weight is 154 g/mol. The third-order valence-corrected chi connectivity index (χ3v) is 1.92. The van der Waals surface area contributed by atoms with Gasteiger partial charge in [0, 0.05) is 0 Å². The second-order valence-corrected chi connectivity index (χ2v) is 2.78. The van der Waals surface area contributed by atoms with E-state index >= 15 is 0 Å². The van der Waals surface area contributed by atoms with Crippen LogP contribution >= 0.6 is 0 Å². The molecule has 1 rings (SSSR count). The van der Waals surface area contributed by atoms with Crippen LogP contribution in [0.4, 0.5) is 0 Å². The molecule has 2 N–H and O–H groups in total. The smallest absolute Gasteiger partial charge is 0.316 e. The van der Waals surface area contributed by atoms with E-state index in [4.69, 9.17) is 5.11 Å². The Balaban J connectivity index is 2.94. The Hall–Kier alpha value is -1.09. The number of aliphatic carboxylic acids is 1. The summed E-state index contributed by atoms with van der Waals surface area (Å²) in [6.07, 6.45) is 5.29. The molecule has 3 heteroatoms. The molecule has 0 saturated carbocycles. The monoisotopic (exact) mass is 154 g/mol. The van der Waals surface area contributed by atoms with Crippen molar-refractivity contribution in [3.8, 4) is 0 Å². The third-order valence-electron chi connectivity index (χ3n) is 1.92. The van der Waals surface area contributed by atoms with Crippen molar-refractivity contribution in [2.24, 2.45) is 5.41 Å². The van der Waals surface area contributed by atoms with Gasteiger partial charge in [-0.25, -0.2) is 0 Å². The zero-order valence-corrected chi connectivity index (χ0v) is 6.19. The molecule has 1 aliphatic rings. The molecule has 0 heterocycles. The lowest BCUT2D eigenvalue weighted by molar-refractivity contribution is -0.149. The van der Waals surface area contributed by atoms with Gasteiger partial charge in [0.25, 0.3) is 0 Å². The van der Waals surface area contributed by atoms with Gasteiger partial charge >= 0.3 is 5.97 Å². The van der Waals surface area contributed by atoms with Crippen LogP contribution in [-0.4, -0.2) is 22.3 Å². The molecule has 60 valence electrons. The highest BCUT2D eigenvalue weighted by molar-refractivity contribution is 5.78. The predicted molar refractivity (Wildman–Crippen MR) is 40.0 cm³/mol. The molecule has 0 fully saturated rings. The molecule has 3 nitrogen and oxygen atoms in total. The summed E-state index contributed by atoms with van der Waals surface area (Å²) in [6, 6.07) is 0. The molecule has 2 unspecified atom stereocenters. The van der Waals surface area contributed by atoms with E-state index in [1.165, 1.54) is 19.1 Å². The van der Waals surface area contributed by atoms with Crippen molar-refractivity contribution < 1.29 is 15.0 Å². The van der Waals surface area contributed by atoms with Gasteiger partial charge in [0.1, 0.15) is 5.41 Å². The van der Waals surface area contributed by atoms with Gasteiger partial charge in [-0.05, 0) is 6.92 Å². The average Bonchev–Trinajstić information content (AvgIpc) is 1.95. The standard InChI is InChI=1S/C8H10O3/c1-8(7(10)11)5-3-2-4-6(8)9/h2-6,9H,1H3,(H,10,11). The van der Waals surface area contributed by atoms with E-state index in [0.717, 1.165) is 0 Å². The highest BCUT2D eigenvalue weighted by Crippen LogP contribution is 2.27. The minimum Gasteiger partial charge on any atom is -0.481 e. The Bertz CT molecular complexity index is 229. The van der Waals surface area contributed by atoms with Gasteiger partial charge in [0.15, 0.2) is 0 Å². The summed E-state index contributed by atoms with van der Waals surface area (Å²) in [7, 11) is 0. The summed E-state index contributed by atoms with van der Waals surface area (Å²) >= 11 is 0. The van der Waals surface area contributed by atoms with Crippen molar-refractivity contribution in [1.82, 2.24) is 0 Å². The van der Waals surface area contributed by atoms with Crippen LogP contribution in [0.2, 0.25) is 0 Å². The molecule has 0 saturated heterocycles. The van der Waals surface area contributed by atoms with Crippen molar-refractivity contribution in [1.29, 1.82) is 0 Å². The van der Waals surface area contributed by atoms with E-state index in [1.807, 2.05) is 0 Å². The number of rotatable bonds is 1. The first-order valence-electron chi connectivity index (χ1n) is 3.35. The predicted octanol–water partition coefficient (Wildman–Crippen LogP) is 0.564.